The number of carbonyl (C=O) groups excluding carboxylic acids is 1. The molecular formula is C17H26N2O. The van der Waals surface area contributed by atoms with Crippen LogP contribution in [0, 0.1) is 13.8 Å². The van der Waals surface area contributed by atoms with Crippen molar-refractivity contribution in [1.29, 1.82) is 0 Å². The van der Waals surface area contributed by atoms with Crippen LogP contribution < -0.4 is 11.1 Å². The Hall–Kier alpha value is -1.35. The third-order valence-corrected chi connectivity index (χ3v) is 4.35. The summed E-state index contributed by atoms with van der Waals surface area (Å²) in [5, 5.41) is 3.13. The van der Waals surface area contributed by atoms with E-state index in [1.54, 1.807) is 0 Å². The van der Waals surface area contributed by atoms with E-state index in [9.17, 15) is 4.79 Å². The zero-order chi connectivity index (χ0) is 14.5. The second-order valence-corrected chi connectivity index (χ2v) is 6.07. The quantitative estimate of drug-likeness (QED) is 0.833. The molecule has 0 radical (unpaired) electrons. The van der Waals surface area contributed by atoms with E-state index in [1.807, 2.05) is 6.07 Å². The predicted molar refractivity (Wildman–Crippen MR) is 82.6 cm³/mol. The molecule has 2 unspecified atom stereocenters. The monoisotopic (exact) mass is 274 g/mol. The molecule has 0 spiro atoms. The highest BCUT2D eigenvalue weighted by Crippen LogP contribution is 2.17. The molecular weight excluding hydrogens is 248 g/mol. The van der Waals surface area contributed by atoms with Crippen LogP contribution in [0.15, 0.2) is 18.2 Å². The molecule has 0 aromatic heterocycles. The van der Waals surface area contributed by atoms with Gasteiger partial charge < -0.3 is 11.1 Å². The van der Waals surface area contributed by atoms with E-state index >= 15 is 0 Å². The van der Waals surface area contributed by atoms with Crippen molar-refractivity contribution in [3.63, 3.8) is 0 Å². The van der Waals surface area contributed by atoms with E-state index in [0.29, 0.717) is 6.42 Å². The van der Waals surface area contributed by atoms with Gasteiger partial charge in [0.15, 0.2) is 0 Å². The Bertz CT molecular complexity index is 470. The van der Waals surface area contributed by atoms with Crippen molar-refractivity contribution in [2.45, 2.75) is 64.5 Å². The largest absolute Gasteiger partial charge is 0.352 e. The molecule has 1 aromatic rings. The van der Waals surface area contributed by atoms with Crippen LogP contribution in [0.1, 0.15) is 48.8 Å². The summed E-state index contributed by atoms with van der Waals surface area (Å²) in [6.07, 6.45) is 6.07. The summed E-state index contributed by atoms with van der Waals surface area (Å²) < 4.78 is 0. The fourth-order valence-corrected chi connectivity index (χ4v) is 2.87. The van der Waals surface area contributed by atoms with Gasteiger partial charge >= 0.3 is 0 Å². The van der Waals surface area contributed by atoms with Gasteiger partial charge in [0.25, 0.3) is 0 Å². The number of carbonyl (C=O) groups is 1. The van der Waals surface area contributed by atoms with E-state index in [4.69, 9.17) is 5.73 Å². The van der Waals surface area contributed by atoms with Gasteiger partial charge in [0.2, 0.25) is 5.91 Å². The topological polar surface area (TPSA) is 55.1 Å². The molecule has 1 aliphatic rings. The predicted octanol–water partition coefficient (Wildman–Crippen LogP) is 2.62. The standard InChI is InChI=1S/C17H26N2O/c1-12-8-9-14(10-13(12)2)11-17(20)19-16-7-5-3-4-6-15(16)18/h8-10,15-16H,3-7,11,18H2,1-2H3,(H,19,20). The fourth-order valence-electron chi connectivity index (χ4n) is 2.87. The van der Waals surface area contributed by atoms with Gasteiger partial charge in [0, 0.05) is 12.1 Å². The molecule has 1 aliphatic carbocycles. The zero-order valence-corrected chi connectivity index (χ0v) is 12.6. The first kappa shape index (κ1) is 15.0. The minimum Gasteiger partial charge on any atom is -0.352 e. The number of benzene rings is 1. The van der Waals surface area contributed by atoms with Gasteiger partial charge in [-0.1, -0.05) is 37.5 Å². The van der Waals surface area contributed by atoms with E-state index in [1.165, 1.54) is 30.4 Å². The highest BCUT2D eigenvalue weighted by Gasteiger charge is 2.21. The molecule has 20 heavy (non-hydrogen) atoms. The van der Waals surface area contributed by atoms with Crippen LogP contribution in [-0.2, 0) is 11.2 Å². The minimum atomic E-state index is 0.0932. The summed E-state index contributed by atoms with van der Waals surface area (Å²) in [4.78, 5) is 12.2. The lowest BCUT2D eigenvalue weighted by atomic mass is 10.0. The molecule has 3 N–H and O–H groups in total. The number of amides is 1. The lowest BCUT2D eigenvalue weighted by Gasteiger charge is -2.22. The van der Waals surface area contributed by atoms with Crippen LogP contribution in [0.25, 0.3) is 0 Å². The summed E-state index contributed by atoms with van der Waals surface area (Å²) in [6, 6.07) is 6.48. The van der Waals surface area contributed by atoms with Crippen LogP contribution in [0.2, 0.25) is 0 Å². The Morgan fingerprint density at radius 3 is 2.70 bits per heavy atom. The van der Waals surface area contributed by atoms with Crippen molar-refractivity contribution in [2.24, 2.45) is 5.73 Å². The maximum Gasteiger partial charge on any atom is 0.224 e. The first-order valence-electron chi connectivity index (χ1n) is 7.67. The molecule has 0 aliphatic heterocycles. The summed E-state index contributed by atoms with van der Waals surface area (Å²) in [5.41, 5.74) is 9.73. The van der Waals surface area contributed by atoms with E-state index in [0.717, 1.165) is 18.4 Å². The Balaban J connectivity index is 1.92. The van der Waals surface area contributed by atoms with Crippen molar-refractivity contribution in [3.8, 4) is 0 Å². The number of nitrogens with one attached hydrogen (secondary N) is 1. The molecule has 3 nitrogen and oxygen atoms in total. The molecule has 0 saturated heterocycles. The zero-order valence-electron chi connectivity index (χ0n) is 12.6. The number of hydrogen-bond acceptors (Lipinski definition) is 2. The van der Waals surface area contributed by atoms with Crippen molar-refractivity contribution >= 4 is 5.91 Å². The van der Waals surface area contributed by atoms with Crippen molar-refractivity contribution in [3.05, 3.63) is 34.9 Å². The fraction of sp³-hybridized carbons (Fsp3) is 0.588. The highest BCUT2D eigenvalue weighted by atomic mass is 16.1. The average molecular weight is 274 g/mol. The van der Waals surface area contributed by atoms with Gasteiger partial charge in [-0.05, 0) is 43.4 Å². The number of hydrogen-bond donors (Lipinski definition) is 2. The van der Waals surface area contributed by atoms with Crippen LogP contribution >= 0.6 is 0 Å². The van der Waals surface area contributed by atoms with Crippen LogP contribution in [0.4, 0.5) is 0 Å². The average Bonchev–Trinajstić information content (AvgIpc) is 2.59. The molecule has 1 fully saturated rings. The molecule has 1 amide bonds. The molecule has 2 atom stereocenters. The van der Waals surface area contributed by atoms with Crippen molar-refractivity contribution in [2.75, 3.05) is 0 Å². The van der Waals surface area contributed by atoms with Crippen LogP contribution in [0.5, 0.6) is 0 Å². The summed E-state index contributed by atoms with van der Waals surface area (Å²) in [7, 11) is 0. The maximum absolute atomic E-state index is 12.2. The lowest BCUT2D eigenvalue weighted by molar-refractivity contribution is -0.121. The Labute approximate surface area is 121 Å². The van der Waals surface area contributed by atoms with Gasteiger partial charge in [-0.2, -0.15) is 0 Å². The van der Waals surface area contributed by atoms with Gasteiger partial charge in [0.05, 0.1) is 6.42 Å². The molecule has 1 aromatic carbocycles. The van der Waals surface area contributed by atoms with Crippen LogP contribution in [-0.4, -0.2) is 18.0 Å². The van der Waals surface area contributed by atoms with Gasteiger partial charge in [0.1, 0.15) is 0 Å². The summed E-state index contributed by atoms with van der Waals surface area (Å²) >= 11 is 0. The smallest absolute Gasteiger partial charge is 0.224 e. The molecule has 110 valence electrons. The third-order valence-electron chi connectivity index (χ3n) is 4.35. The first-order chi connectivity index (χ1) is 9.56. The maximum atomic E-state index is 12.2. The second kappa shape index (κ2) is 6.89. The second-order valence-electron chi connectivity index (χ2n) is 6.07. The SMILES string of the molecule is Cc1ccc(CC(=O)NC2CCCCCC2N)cc1C. The highest BCUT2D eigenvalue weighted by molar-refractivity contribution is 5.79. The van der Waals surface area contributed by atoms with E-state index in [-0.39, 0.29) is 18.0 Å². The molecule has 2 rings (SSSR count). The van der Waals surface area contributed by atoms with Gasteiger partial charge in [-0.15, -0.1) is 0 Å². The Morgan fingerprint density at radius 1 is 1.20 bits per heavy atom. The van der Waals surface area contributed by atoms with Crippen molar-refractivity contribution in [1.82, 2.24) is 5.32 Å². The van der Waals surface area contributed by atoms with Gasteiger partial charge in [-0.3, -0.25) is 4.79 Å². The minimum absolute atomic E-state index is 0.0932. The molecule has 1 saturated carbocycles. The number of aryl methyl sites for hydroxylation is 2. The molecule has 0 heterocycles. The first-order valence-corrected chi connectivity index (χ1v) is 7.67. The molecule has 3 heteroatoms. The van der Waals surface area contributed by atoms with Crippen molar-refractivity contribution < 1.29 is 4.79 Å². The third kappa shape index (κ3) is 4.07. The molecule has 0 bridgehead atoms. The van der Waals surface area contributed by atoms with Gasteiger partial charge in [-0.25, -0.2) is 0 Å². The Kier molecular flexibility index (Phi) is 5.18. The summed E-state index contributed by atoms with van der Waals surface area (Å²) in [6.45, 7) is 4.17. The summed E-state index contributed by atoms with van der Waals surface area (Å²) in [5.74, 6) is 0.0932. The normalized spacial score (nSPS) is 23.1. The van der Waals surface area contributed by atoms with Crippen LogP contribution in [0.3, 0.4) is 0 Å². The van der Waals surface area contributed by atoms with E-state index < -0.39 is 0 Å². The number of nitrogens with two attached hydrogens (primary N) is 1. The van der Waals surface area contributed by atoms with E-state index in [2.05, 4.69) is 31.3 Å². The Morgan fingerprint density at radius 2 is 1.95 bits per heavy atom. The number of rotatable bonds is 3. The lowest BCUT2D eigenvalue weighted by Crippen LogP contribution is -2.47.